The lowest BCUT2D eigenvalue weighted by Crippen LogP contribution is -2.39. The van der Waals surface area contributed by atoms with E-state index < -0.39 is 11.9 Å². The molecular weight excluding hydrogens is 676 g/mol. The number of aliphatic carboxylic acids is 2. The van der Waals surface area contributed by atoms with E-state index in [9.17, 15) is 29.4 Å². The van der Waals surface area contributed by atoms with Crippen molar-refractivity contribution in [2.75, 3.05) is 53.5 Å². The van der Waals surface area contributed by atoms with Crippen LogP contribution in [0.5, 0.6) is 23.0 Å². The molecule has 16 heteroatoms. The zero-order valence-corrected chi connectivity index (χ0v) is 29.7. The van der Waals surface area contributed by atoms with Crippen molar-refractivity contribution in [2.45, 2.75) is 39.5 Å². The molecule has 16 nitrogen and oxygen atoms in total. The Bertz CT molecular complexity index is 1600. The van der Waals surface area contributed by atoms with E-state index in [1.165, 1.54) is 36.2 Å². The van der Waals surface area contributed by atoms with Gasteiger partial charge in [0.1, 0.15) is 23.1 Å². The molecule has 1 fully saturated rings. The number of ether oxygens (including phenoxy) is 2. The third-order valence-electron chi connectivity index (χ3n) is 7.79. The van der Waals surface area contributed by atoms with Crippen molar-refractivity contribution in [1.29, 1.82) is 0 Å². The molecule has 3 aliphatic rings. The van der Waals surface area contributed by atoms with E-state index in [0.29, 0.717) is 60.2 Å². The molecule has 0 radical (unpaired) electrons. The van der Waals surface area contributed by atoms with Crippen LogP contribution in [-0.2, 0) is 19.2 Å². The fourth-order valence-corrected chi connectivity index (χ4v) is 5.14. The van der Waals surface area contributed by atoms with Crippen LogP contribution in [0.4, 0.5) is 0 Å². The summed E-state index contributed by atoms with van der Waals surface area (Å²) in [7, 11) is 2.91. The SMILES string of the molecule is C1CNCCN1.COc1ccc(/C=C2/N=C(C)N(CCCC(=O)O)C2=O)cc1O.COc1ccc(/C=C2/N=C(C)N(CCCC(=O)O)C2=O)cc1O. The van der Waals surface area contributed by atoms with Gasteiger partial charge in [-0.15, -0.1) is 0 Å². The van der Waals surface area contributed by atoms with E-state index in [4.69, 9.17) is 19.7 Å². The van der Waals surface area contributed by atoms with Crippen LogP contribution in [0.2, 0.25) is 0 Å². The molecule has 1 saturated heterocycles. The number of rotatable bonds is 12. The fourth-order valence-electron chi connectivity index (χ4n) is 5.14. The Labute approximate surface area is 301 Å². The molecular formula is C36H46N6O10. The van der Waals surface area contributed by atoms with Crippen LogP contribution in [-0.4, -0.2) is 119 Å². The monoisotopic (exact) mass is 722 g/mol. The first-order chi connectivity index (χ1) is 24.8. The summed E-state index contributed by atoms with van der Waals surface area (Å²) in [5, 5.41) is 43.3. The third-order valence-corrected chi connectivity index (χ3v) is 7.79. The number of benzene rings is 2. The maximum atomic E-state index is 12.3. The maximum absolute atomic E-state index is 12.3. The van der Waals surface area contributed by atoms with Crippen molar-refractivity contribution >= 4 is 47.6 Å². The molecule has 0 saturated carbocycles. The molecule has 3 aliphatic heterocycles. The molecule has 2 aromatic rings. The number of hydrogen-bond acceptors (Lipinski definition) is 12. The Morgan fingerprint density at radius 1 is 0.712 bits per heavy atom. The lowest BCUT2D eigenvalue weighted by Gasteiger charge is -2.14. The molecule has 3 heterocycles. The fraction of sp³-hybridized carbons (Fsp3) is 0.389. The van der Waals surface area contributed by atoms with Gasteiger partial charge in [0.25, 0.3) is 11.8 Å². The highest BCUT2D eigenvalue weighted by molar-refractivity contribution is 6.14. The van der Waals surface area contributed by atoms with Gasteiger partial charge in [-0.05, 0) is 74.2 Å². The van der Waals surface area contributed by atoms with Crippen LogP contribution in [0.3, 0.4) is 0 Å². The van der Waals surface area contributed by atoms with Gasteiger partial charge < -0.3 is 40.5 Å². The number of amides is 2. The van der Waals surface area contributed by atoms with E-state index in [0.717, 1.165) is 26.2 Å². The summed E-state index contributed by atoms with van der Waals surface area (Å²) < 4.78 is 9.93. The number of nitrogens with one attached hydrogen (secondary N) is 2. The number of carboxylic acids is 2. The maximum Gasteiger partial charge on any atom is 0.303 e. The van der Waals surface area contributed by atoms with Crippen molar-refractivity contribution in [3.8, 4) is 23.0 Å². The number of hydrogen-bond donors (Lipinski definition) is 6. The molecule has 2 amide bonds. The number of aliphatic imine (C=N–C) groups is 2. The molecule has 52 heavy (non-hydrogen) atoms. The van der Waals surface area contributed by atoms with E-state index in [1.54, 1.807) is 50.3 Å². The van der Waals surface area contributed by atoms with E-state index in [-0.39, 0.29) is 47.5 Å². The molecule has 0 aromatic heterocycles. The number of phenolic OH excluding ortho intramolecular Hbond substituents is 2. The van der Waals surface area contributed by atoms with Crippen molar-refractivity contribution in [3.63, 3.8) is 0 Å². The van der Waals surface area contributed by atoms with Gasteiger partial charge in [-0.1, -0.05) is 12.1 Å². The average molecular weight is 723 g/mol. The number of aromatic hydroxyl groups is 2. The van der Waals surface area contributed by atoms with Gasteiger partial charge in [0.05, 0.1) is 14.2 Å². The summed E-state index contributed by atoms with van der Waals surface area (Å²) >= 11 is 0. The predicted octanol–water partition coefficient (Wildman–Crippen LogP) is 2.91. The van der Waals surface area contributed by atoms with Crippen LogP contribution < -0.4 is 20.1 Å². The van der Waals surface area contributed by atoms with Gasteiger partial charge in [0, 0.05) is 52.1 Å². The van der Waals surface area contributed by atoms with Crippen LogP contribution in [0, 0.1) is 0 Å². The van der Waals surface area contributed by atoms with Gasteiger partial charge >= 0.3 is 11.9 Å². The zero-order chi connectivity index (χ0) is 38.2. The number of piperazine rings is 1. The van der Waals surface area contributed by atoms with Crippen LogP contribution in [0.1, 0.15) is 50.7 Å². The summed E-state index contributed by atoms with van der Waals surface area (Å²) in [5.41, 5.74) is 1.75. The first-order valence-electron chi connectivity index (χ1n) is 16.6. The Morgan fingerprint density at radius 2 is 1.08 bits per heavy atom. The Morgan fingerprint density at radius 3 is 1.37 bits per heavy atom. The summed E-state index contributed by atoms with van der Waals surface area (Å²) in [4.78, 5) is 57.1. The minimum Gasteiger partial charge on any atom is -0.504 e. The van der Waals surface area contributed by atoms with Crippen molar-refractivity contribution < 1.29 is 49.1 Å². The van der Waals surface area contributed by atoms with Crippen LogP contribution in [0.25, 0.3) is 12.2 Å². The summed E-state index contributed by atoms with van der Waals surface area (Å²) in [6, 6.07) is 9.58. The molecule has 5 rings (SSSR count). The highest BCUT2D eigenvalue weighted by Crippen LogP contribution is 2.29. The standard InChI is InChI=1S/2C16H18N2O5.C4H10N2/c2*1-10-17-12(16(22)18(10)7-3-4-15(20)21)8-11-5-6-14(23-2)13(19)9-11;1-2-6-4-3-5-1/h2*5-6,8-9,19H,3-4,7H2,1-2H3,(H,20,21);5-6H,1-4H2/b2*12-8+;. The van der Waals surface area contributed by atoms with Gasteiger partial charge in [-0.25, -0.2) is 9.98 Å². The van der Waals surface area contributed by atoms with Gasteiger partial charge in [-0.2, -0.15) is 0 Å². The first-order valence-corrected chi connectivity index (χ1v) is 16.6. The highest BCUT2D eigenvalue weighted by Gasteiger charge is 2.28. The number of carbonyl (C=O) groups excluding carboxylic acids is 2. The summed E-state index contributed by atoms with van der Waals surface area (Å²) in [6.45, 7) is 8.58. The lowest BCUT2D eigenvalue weighted by atomic mass is 10.1. The van der Waals surface area contributed by atoms with Crippen molar-refractivity contribution in [3.05, 3.63) is 58.9 Å². The Kier molecular flexibility index (Phi) is 15.8. The summed E-state index contributed by atoms with van der Waals surface area (Å²) in [6.07, 6.45) is 3.88. The minimum absolute atomic E-state index is 0.00244. The number of phenols is 2. The zero-order valence-electron chi connectivity index (χ0n) is 29.7. The number of amidine groups is 2. The minimum atomic E-state index is -0.893. The van der Waals surface area contributed by atoms with E-state index >= 15 is 0 Å². The molecule has 0 bridgehead atoms. The molecule has 0 unspecified atom stereocenters. The van der Waals surface area contributed by atoms with E-state index in [2.05, 4.69) is 20.6 Å². The smallest absolute Gasteiger partial charge is 0.303 e. The van der Waals surface area contributed by atoms with Crippen molar-refractivity contribution in [2.24, 2.45) is 9.98 Å². The predicted molar refractivity (Wildman–Crippen MR) is 194 cm³/mol. The normalized spacial score (nSPS) is 16.8. The van der Waals surface area contributed by atoms with Gasteiger partial charge in [0.15, 0.2) is 23.0 Å². The largest absolute Gasteiger partial charge is 0.504 e. The van der Waals surface area contributed by atoms with Crippen molar-refractivity contribution in [1.82, 2.24) is 20.4 Å². The topological polar surface area (TPSA) is 223 Å². The lowest BCUT2D eigenvalue weighted by molar-refractivity contribution is -0.138. The quantitative estimate of drug-likeness (QED) is 0.174. The molecule has 6 N–H and O–H groups in total. The highest BCUT2D eigenvalue weighted by atomic mass is 16.5. The van der Waals surface area contributed by atoms with Crippen LogP contribution in [0.15, 0.2) is 57.8 Å². The van der Waals surface area contributed by atoms with Gasteiger partial charge in [0.2, 0.25) is 0 Å². The Balaban J connectivity index is 0.000000241. The van der Waals surface area contributed by atoms with Crippen LogP contribution >= 0.6 is 0 Å². The van der Waals surface area contributed by atoms with E-state index in [1.807, 2.05) is 0 Å². The van der Waals surface area contributed by atoms with Gasteiger partial charge in [-0.3, -0.25) is 29.0 Å². The third kappa shape index (κ3) is 12.2. The Hall–Kier alpha value is -5.74. The second-order valence-corrected chi connectivity index (χ2v) is 11.6. The second kappa shape index (κ2) is 20.2. The number of methoxy groups -OCH3 is 2. The molecule has 0 aliphatic carbocycles. The molecule has 0 atom stereocenters. The number of carbonyl (C=O) groups is 4. The average Bonchev–Trinajstić information content (AvgIpc) is 3.53. The molecule has 0 spiro atoms. The second-order valence-electron chi connectivity index (χ2n) is 11.6. The first kappa shape index (κ1) is 40.7. The number of nitrogens with zero attached hydrogens (tertiary/aromatic N) is 4. The molecule has 2 aromatic carbocycles. The molecule has 280 valence electrons. The number of carboxylic acid groups (broad SMARTS) is 2. The summed E-state index contributed by atoms with van der Waals surface area (Å²) in [5.74, 6) is -0.621.